The van der Waals surface area contributed by atoms with Gasteiger partial charge in [-0.3, -0.25) is 9.69 Å². The van der Waals surface area contributed by atoms with Crippen molar-refractivity contribution in [2.24, 2.45) is 0 Å². The Balaban J connectivity index is 1.25. The number of hydrogen-bond donors (Lipinski definition) is 0. The maximum Gasteiger partial charge on any atom is 0.222 e. The van der Waals surface area contributed by atoms with Gasteiger partial charge in [-0.05, 0) is 42.6 Å². The predicted molar refractivity (Wildman–Crippen MR) is 152 cm³/mol. The summed E-state index contributed by atoms with van der Waals surface area (Å²) < 4.78 is 25.2. The number of amides is 1. The topological polar surface area (TPSA) is 64.2 Å². The summed E-state index contributed by atoms with van der Waals surface area (Å²) in [5.74, 6) is 0.196. The molecule has 3 aliphatic rings. The highest BCUT2D eigenvalue weighted by Crippen LogP contribution is 2.41. The highest BCUT2D eigenvalue weighted by atomic mass is 35.5. The molecule has 1 unspecified atom stereocenters. The van der Waals surface area contributed by atoms with Crippen molar-refractivity contribution in [3.63, 3.8) is 0 Å². The lowest BCUT2D eigenvalue weighted by Crippen LogP contribution is -2.63. The standard InChI is InChI=1S/C28H36Cl2N4O3S/c1-38(36,37)34-15-13-32(14-16-34)24-19-31(20-24)12-11-28(23-7-8-25(29)26(30)17-23)10-9-27(35)33(21-28)18-22-5-3-2-4-6-22/h2-8,17,24H,9-16,18-21H2,1H3. The third-order valence-corrected chi connectivity index (χ3v) is 10.6. The maximum atomic E-state index is 13.0. The molecule has 206 valence electrons. The molecule has 0 spiro atoms. The first kappa shape index (κ1) is 27.9. The maximum absolute atomic E-state index is 13.0. The van der Waals surface area contributed by atoms with Crippen molar-refractivity contribution in [1.82, 2.24) is 19.0 Å². The first-order valence-electron chi connectivity index (χ1n) is 13.3. The van der Waals surface area contributed by atoms with Gasteiger partial charge in [0.2, 0.25) is 15.9 Å². The zero-order valence-corrected chi connectivity index (χ0v) is 24.2. The van der Waals surface area contributed by atoms with Gasteiger partial charge in [0.25, 0.3) is 0 Å². The molecule has 7 nitrogen and oxygen atoms in total. The number of sulfonamides is 1. The average Bonchev–Trinajstić information content (AvgIpc) is 2.87. The number of nitrogens with zero attached hydrogens (tertiary/aromatic N) is 4. The summed E-state index contributed by atoms with van der Waals surface area (Å²) in [6.45, 7) is 6.89. The Labute approximate surface area is 236 Å². The van der Waals surface area contributed by atoms with Gasteiger partial charge in [0.15, 0.2) is 0 Å². The Bertz CT molecular complexity index is 1250. The molecule has 3 saturated heterocycles. The molecular weight excluding hydrogens is 543 g/mol. The van der Waals surface area contributed by atoms with E-state index in [2.05, 4.69) is 28.0 Å². The molecule has 2 aromatic carbocycles. The van der Waals surface area contributed by atoms with E-state index < -0.39 is 10.0 Å². The third kappa shape index (κ3) is 6.21. The van der Waals surface area contributed by atoms with Crippen LogP contribution in [0.1, 0.15) is 30.4 Å². The van der Waals surface area contributed by atoms with E-state index in [9.17, 15) is 13.2 Å². The first-order chi connectivity index (χ1) is 18.1. The van der Waals surface area contributed by atoms with Crippen LogP contribution in [-0.2, 0) is 26.8 Å². The van der Waals surface area contributed by atoms with Gasteiger partial charge in [0, 0.05) is 70.2 Å². The molecule has 0 N–H and O–H groups in total. The lowest BCUT2D eigenvalue weighted by atomic mass is 9.71. The van der Waals surface area contributed by atoms with Crippen LogP contribution in [0.2, 0.25) is 10.0 Å². The number of rotatable bonds is 8. The van der Waals surface area contributed by atoms with Crippen molar-refractivity contribution in [2.75, 3.05) is 58.6 Å². The van der Waals surface area contributed by atoms with E-state index in [1.54, 1.807) is 4.31 Å². The second-order valence-corrected chi connectivity index (χ2v) is 13.8. The van der Waals surface area contributed by atoms with Crippen LogP contribution in [0, 0.1) is 0 Å². The molecule has 0 saturated carbocycles. The Morgan fingerprint density at radius 2 is 1.68 bits per heavy atom. The normalized spacial score (nSPS) is 24.5. The minimum absolute atomic E-state index is 0.191. The number of likely N-dealkylation sites (tertiary alicyclic amines) is 2. The van der Waals surface area contributed by atoms with Crippen molar-refractivity contribution in [3.05, 3.63) is 69.7 Å². The molecule has 0 aliphatic carbocycles. The van der Waals surface area contributed by atoms with Crippen LogP contribution >= 0.6 is 23.2 Å². The Kier molecular flexibility index (Phi) is 8.39. The largest absolute Gasteiger partial charge is 0.337 e. The van der Waals surface area contributed by atoms with Crippen molar-refractivity contribution >= 4 is 39.1 Å². The fraction of sp³-hybridized carbons (Fsp3) is 0.536. The summed E-state index contributed by atoms with van der Waals surface area (Å²) in [6, 6.07) is 16.6. The fourth-order valence-electron chi connectivity index (χ4n) is 6.12. The van der Waals surface area contributed by atoms with Gasteiger partial charge in [-0.2, -0.15) is 4.31 Å². The number of halogens is 2. The number of piperidine rings is 1. The second-order valence-electron chi connectivity index (χ2n) is 11.0. The van der Waals surface area contributed by atoms with Gasteiger partial charge in [-0.25, -0.2) is 8.42 Å². The van der Waals surface area contributed by atoms with Crippen LogP contribution in [0.25, 0.3) is 0 Å². The number of carbonyl (C=O) groups is 1. The van der Waals surface area contributed by atoms with Crippen molar-refractivity contribution in [2.45, 2.75) is 37.3 Å². The summed E-state index contributed by atoms with van der Waals surface area (Å²) >= 11 is 12.7. The van der Waals surface area contributed by atoms with Gasteiger partial charge in [0.05, 0.1) is 16.3 Å². The van der Waals surface area contributed by atoms with E-state index in [1.807, 2.05) is 35.2 Å². The quantitative estimate of drug-likeness (QED) is 0.478. The molecule has 3 heterocycles. The molecule has 1 atom stereocenters. The summed E-state index contributed by atoms with van der Waals surface area (Å²) in [7, 11) is -3.11. The molecular formula is C28H36Cl2N4O3S. The lowest BCUT2D eigenvalue weighted by Gasteiger charge is -2.50. The van der Waals surface area contributed by atoms with Gasteiger partial charge < -0.3 is 9.80 Å². The summed E-state index contributed by atoms with van der Waals surface area (Å²) in [5.41, 5.74) is 2.09. The van der Waals surface area contributed by atoms with E-state index in [0.29, 0.717) is 48.7 Å². The smallest absolute Gasteiger partial charge is 0.222 e. The van der Waals surface area contributed by atoms with E-state index in [4.69, 9.17) is 23.2 Å². The molecule has 38 heavy (non-hydrogen) atoms. The van der Waals surface area contributed by atoms with E-state index >= 15 is 0 Å². The van der Waals surface area contributed by atoms with Crippen LogP contribution in [0.4, 0.5) is 0 Å². The molecule has 5 rings (SSSR count). The molecule has 10 heteroatoms. The number of benzene rings is 2. The first-order valence-corrected chi connectivity index (χ1v) is 15.9. The zero-order valence-electron chi connectivity index (χ0n) is 21.9. The van der Waals surface area contributed by atoms with E-state index in [-0.39, 0.29) is 11.3 Å². The monoisotopic (exact) mass is 578 g/mol. The highest BCUT2D eigenvalue weighted by molar-refractivity contribution is 7.88. The molecule has 2 aromatic rings. The molecule has 0 radical (unpaired) electrons. The number of carbonyl (C=O) groups excluding carboxylic acids is 1. The predicted octanol–water partition coefficient (Wildman–Crippen LogP) is 3.71. The Hall–Kier alpha value is -1.68. The van der Waals surface area contributed by atoms with Crippen molar-refractivity contribution in [3.8, 4) is 0 Å². The lowest BCUT2D eigenvalue weighted by molar-refractivity contribution is -0.136. The number of piperazine rings is 1. The number of hydrogen-bond acceptors (Lipinski definition) is 5. The molecule has 3 fully saturated rings. The van der Waals surface area contributed by atoms with Gasteiger partial charge in [-0.1, -0.05) is 59.6 Å². The Morgan fingerprint density at radius 3 is 2.34 bits per heavy atom. The SMILES string of the molecule is CS(=O)(=O)N1CCN(C2CN(CCC3(c4ccc(Cl)c(Cl)c4)CCC(=O)N(Cc4ccccc4)C3)C2)CC1. The third-order valence-electron chi connectivity index (χ3n) is 8.52. The summed E-state index contributed by atoms with van der Waals surface area (Å²) in [5, 5.41) is 1.09. The van der Waals surface area contributed by atoms with Crippen molar-refractivity contribution in [1.29, 1.82) is 0 Å². The summed E-state index contributed by atoms with van der Waals surface area (Å²) in [4.78, 5) is 19.9. The minimum Gasteiger partial charge on any atom is -0.337 e. The van der Waals surface area contributed by atoms with E-state index in [0.717, 1.165) is 56.7 Å². The van der Waals surface area contributed by atoms with Crippen molar-refractivity contribution < 1.29 is 13.2 Å². The minimum atomic E-state index is -3.11. The van der Waals surface area contributed by atoms with Gasteiger partial charge in [0.1, 0.15) is 0 Å². The van der Waals surface area contributed by atoms with E-state index in [1.165, 1.54) is 6.26 Å². The van der Waals surface area contributed by atoms with Crippen LogP contribution in [0.5, 0.6) is 0 Å². The van der Waals surface area contributed by atoms with Gasteiger partial charge in [-0.15, -0.1) is 0 Å². The van der Waals surface area contributed by atoms with Gasteiger partial charge >= 0.3 is 0 Å². The van der Waals surface area contributed by atoms with Crippen LogP contribution < -0.4 is 0 Å². The van der Waals surface area contributed by atoms with Crippen LogP contribution in [-0.4, -0.2) is 98.0 Å². The van der Waals surface area contributed by atoms with Crippen LogP contribution in [0.3, 0.4) is 0 Å². The molecule has 0 bridgehead atoms. The zero-order chi connectivity index (χ0) is 26.9. The fourth-order valence-corrected chi connectivity index (χ4v) is 7.25. The summed E-state index contributed by atoms with van der Waals surface area (Å²) in [6.07, 6.45) is 3.52. The molecule has 1 amide bonds. The van der Waals surface area contributed by atoms with Crippen LogP contribution in [0.15, 0.2) is 48.5 Å². The highest BCUT2D eigenvalue weighted by Gasteiger charge is 2.42. The Morgan fingerprint density at radius 1 is 0.974 bits per heavy atom. The second kappa shape index (κ2) is 11.4. The molecule has 0 aromatic heterocycles. The average molecular weight is 580 g/mol. The molecule has 3 aliphatic heterocycles.